The Morgan fingerprint density at radius 3 is 2.37 bits per heavy atom. The first kappa shape index (κ1) is 16.2. The molecule has 1 rings (SSSR count). The summed E-state index contributed by atoms with van der Waals surface area (Å²) in [5.74, 6) is 0. The number of hydrogen-bond acceptors (Lipinski definition) is 4. The Morgan fingerprint density at radius 1 is 1.32 bits per heavy atom. The Kier molecular flexibility index (Phi) is 5.62. The first-order chi connectivity index (χ1) is 8.76. The maximum absolute atomic E-state index is 11.9. The van der Waals surface area contributed by atoms with Gasteiger partial charge in [-0.3, -0.25) is 0 Å². The lowest BCUT2D eigenvalue weighted by Crippen LogP contribution is -2.48. The third-order valence-corrected chi connectivity index (χ3v) is 3.23. The zero-order chi connectivity index (χ0) is 14.5. The fraction of sp³-hybridized carbons (Fsp3) is 0.929. The van der Waals surface area contributed by atoms with Crippen LogP contribution in [0.15, 0.2) is 0 Å². The molecular weight excluding hydrogens is 246 g/mol. The largest absolute Gasteiger partial charge is 0.444 e. The molecule has 1 saturated heterocycles. The van der Waals surface area contributed by atoms with E-state index in [-0.39, 0.29) is 18.3 Å². The molecule has 0 unspecified atom stereocenters. The Labute approximate surface area is 115 Å². The number of aliphatic hydroxyl groups is 1. The number of aliphatic hydroxyl groups excluding tert-OH is 1. The summed E-state index contributed by atoms with van der Waals surface area (Å²) in [4.78, 5) is 13.7. The molecule has 0 bridgehead atoms. The van der Waals surface area contributed by atoms with Gasteiger partial charge in [-0.2, -0.15) is 0 Å². The van der Waals surface area contributed by atoms with E-state index in [2.05, 4.69) is 6.92 Å². The van der Waals surface area contributed by atoms with E-state index in [1.807, 2.05) is 20.8 Å². The van der Waals surface area contributed by atoms with Crippen molar-refractivity contribution in [3.63, 3.8) is 0 Å². The minimum atomic E-state index is -0.449. The number of carbonyl (C=O) groups is 1. The van der Waals surface area contributed by atoms with Crippen molar-refractivity contribution in [2.24, 2.45) is 0 Å². The lowest BCUT2D eigenvalue weighted by atomic mass is 9.93. The van der Waals surface area contributed by atoms with Crippen molar-refractivity contribution in [1.82, 2.24) is 4.90 Å². The van der Waals surface area contributed by atoms with Gasteiger partial charge in [0.25, 0.3) is 0 Å². The molecule has 0 saturated carbocycles. The maximum Gasteiger partial charge on any atom is 0.410 e. The van der Waals surface area contributed by atoms with E-state index in [1.54, 1.807) is 4.90 Å². The fourth-order valence-electron chi connectivity index (χ4n) is 2.02. The number of amides is 1. The first-order valence-corrected chi connectivity index (χ1v) is 6.98. The van der Waals surface area contributed by atoms with E-state index in [9.17, 15) is 4.79 Å². The molecule has 1 aliphatic heterocycles. The maximum atomic E-state index is 11.9. The molecule has 0 aromatic rings. The van der Waals surface area contributed by atoms with Gasteiger partial charge in [-0.05, 0) is 47.0 Å². The van der Waals surface area contributed by atoms with Crippen LogP contribution in [0.5, 0.6) is 0 Å². The second kappa shape index (κ2) is 6.57. The Bertz CT molecular complexity index is 290. The normalized spacial score (nSPS) is 19.3. The molecule has 1 aliphatic rings. The molecule has 0 radical (unpaired) electrons. The monoisotopic (exact) mass is 273 g/mol. The lowest BCUT2D eigenvalue weighted by molar-refractivity contribution is -0.0751. The van der Waals surface area contributed by atoms with E-state index in [0.29, 0.717) is 26.1 Å². The van der Waals surface area contributed by atoms with Gasteiger partial charge in [-0.1, -0.05) is 0 Å². The standard InChI is InChI=1S/C14H27NO4/c1-13(2,3)19-12(17)15-8-6-14(4,7-9-15)18-11-5-10-16/h16H,5-11H2,1-4H3. The molecule has 0 atom stereocenters. The summed E-state index contributed by atoms with van der Waals surface area (Å²) in [5, 5.41) is 8.75. The van der Waals surface area contributed by atoms with Crippen LogP contribution in [0.1, 0.15) is 47.0 Å². The van der Waals surface area contributed by atoms with Crippen molar-refractivity contribution in [1.29, 1.82) is 0 Å². The molecule has 0 aliphatic carbocycles. The molecule has 1 N–H and O–H groups in total. The summed E-state index contributed by atoms with van der Waals surface area (Å²) in [7, 11) is 0. The summed E-state index contributed by atoms with van der Waals surface area (Å²) >= 11 is 0. The van der Waals surface area contributed by atoms with E-state index in [0.717, 1.165) is 12.8 Å². The van der Waals surface area contributed by atoms with Crippen LogP contribution in [0.25, 0.3) is 0 Å². The van der Waals surface area contributed by atoms with Crippen molar-refractivity contribution in [3.8, 4) is 0 Å². The highest BCUT2D eigenvalue weighted by Gasteiger charge is 2.34. The highest BCUT2D eigenvalue weighted by Crippen LogP contribution is 2.26. The van der Waals surface area contributed by atoms with Crippen LogP contribution in [0, 0.1) is 0 Å². The Hall–Kier alpha value is -0.810. The smallest absolute Gasteiger partial charge is 0.410 e. The molecule has 1 heterocycles. The molecule has 5 nitrogen and oxygen atoms in total. The van der Waals surface area contributed by atoms with E-state index < -0.39 is 5.60 Å². The zero-order valence-corrected chi connectivity index (χ0v) is 12.6. The van der Waals surface area contributed by atoms with Gasteiger partial charge in [0.05, 0.1) is 5.60 Å². The second-order valence-electron chi connectivity index (χ2n) is 6.34. The van der Waals surface area contributed by atoms with Gasteiger partial charge in [-0.15, -0.1) is 0 Å². The Balaban J connectivity index is 2.37. The van der Waals surface area contributed by atoms with Crippen LogP contribution in [0.2, 0.25) is 0 Å². The minimum Gasteiger partial charge on any atom is -0.444 e. The van der Waals surface area contributed by atoms with Crippen molar-refractivity contribution in [3.05, 3.63) is 0 Å². The van der Waals surface area contributed by atoms with E-state index in [1.165, 1.54) is 0 Å². The first-order valence-electron chi connectivity index (χ1n) is 6.98. The highest BCUT2D eigenvalue weighted by molar-refractivity contribution is 5.68. The quantitative estimate of drug-likeness (QED) is 0.798. The molecule has 1 fully saturated rings. The predicted molar refractivity (Wildman–Crippen MR) is 73.1 cm³/mol. The summed E-state index contributed by atoms with van der Waals surface area (Å²) in [6, 6.07) is 0. The number of carbonyl (C=O) groups excluding carboxylic acids is 1. The number of piperidine rings is 1. The molecule has 19 heavy (non-hydrogen) atoms. The lowest BCUT2D eigenvalue weighted by Gasteiger charge is -2.39. The van der Waals surface area contributed by atoms with Crippen molar-refractivity contribution < 1.29 is 19.4 Å². The van der Waals surface area contributed by atoms with Crippen LogP contribution >= 0.6 is 0 Å². The second-order valence-corrected chi connectivity index (χ2v) is 6.34. The summed E-state index contributed by atoms with van der Waals surface area (Å²) in [6.45, 7) is 9.72. The van der Waals surface area contributed by atoms with Gasteiger partial charge in [0.1, 0.15) is 5.60 Å². The average molecular weight is 273 g/mol. The van der Waals surface area contributed by atoms with Gasteiger partial charge in [-0.25, -0.2) is 4.79 Å². The van der Waals surface area contributed by atoms with E-state index in [4.69, 9.17) is 14.6 Å². The molecule has 5 heteroatoms. The van der Waals surface area contributed by atoms with Crippen LogP contribution in [-0.2, 0) is 9.47 Å². The third kappa shape index (κ3) is 5.78. The van der Waals surface area contributed by atoms with Gasteiger partial charge in [0.2, 0.25) is 0 Å². The van der Waals surface area contributed by atoms with Gasteiger partial charge in [0.15, 0.2) is 0 Å². The molecule has 0 aromatic heterocycles. The molecule has 0 aromatic carbocycles. The number of nitrogens with zero attached hydrogens (tertiary/aromatic N) is 1. The third-order valence-electron chi connectivity index (χ3n) is 3.23. The summed E-state index contributed by atoms with van der Waals surface area (Å²) in [6.07, 6.45) is 2.02. The highest BCUT2D eigenvalue weighted by atomic mass is 16.6. The number of likely N-dealkylation sites (tertiary alicyclic amines) is 1. The molecular formula is C14H27NO4. The summed E-state index contributed by atoms with van der Waals surface area (Å²) < 4.78 is 11.2. The van der Waals surface area contributed by atoms with E-state index >= 15 is 0 Å². The van der Waals surface area contributed by atoms with Crippen LogP contribution in [0.3, 0.4) is 0 Å². The number of ether oxygens (including phenoxy) is 2. The van der Waals surface area contributed by atoms with Gasteiger partial charge in [0, 0.05) is 26.3 Å². The number of rotatable bonds is 4. The zero-order valence-electron chi connectivity index (χ0n) is 12.6. The van der Waals surface area contributed by atoms with Gasteiger partial charge < -0.3 is 19.5 Å². The number of hydrogen-bond donors (Lipinski definition) is 1. The molecule has 0 spiro atoms. The van der Waals surface area contributed by atoms with Crippen LogP contribution in [0.4, 0.5) is 4.79 Å². The Morgan fingerprint density at radius 2 is 1.89 bits per heavy atom. The van der Waals surface area contributed by atoms with Crippen molar-refractivity contribution in [2.45, 2.75) is 58.2 Å². The van der Waals surface area contributed by atoms with Gasteiger partial charge >= 0.3 is 6.09 Å². The average Bonchev–Trinajstić information content (AvgIpc) is 2.27. The van der Waals surface area contributed by atoms with Crippen molar-refractivity contribution in [2.75, 3.05) is 26.3 Å². The fourth-order valence-corrected chi connectivity index (χ4v) is 2.02. The van der Waals surface area contributed by atoms with Crippen LogP contribution in [-0.4, -0.2) is 53.6 Å². The molecule has 1 amide bonds. The molecule has 112 valence electrons. The van der Waals surface area contributed by atoms with Crippen LogP contribution < -0.4 is 0 Å². The van der Waals surface area contributed by atoms with Crippen molar-refractivity contribution >= 4 is 6.09 Å². The SMILES string of the molecule is CC(C)(C)OC(=O)N1CCC(C)(OCCCO)CC1. The summed E-state index contributed by atoms with van der Waals surface area (Å²) in [5.41, 5.74) is -0.636. The predicted octanol–water partition coefficient (Wildman–Crippen LogP) is 2.17. The topological polar surface area (TPSA) is 59.0 Å². The minimum absolute atomic E-state index is 0.153.